The van der Waals surface area contributed by atoms with Crippen molar-refractivity contribution in [1.29, 1.82) is 5.26 Å². The van der Waals surface area contributed by atoms with Gasteiger partial charge in [-0.15, -0.1) is 11.3 Å². The summed E-state index contributed by atoms with van der Waals surface area (Å²) in [5.41, 5.74) is 0. The van der Waals surface area contributed by atoms with Crippen molar-refractivity contribution in [2.75, 3.05) is 13.2 Å². The van der Waals surface area contributed by atoms with Crippen molar-refractivity contribution in [2.45, 2.75) is 13.3 Å². The van der Waals surface area contributed by atoms with Crippen LogP contribution in [-0.2, 0) is 6.42 Å². The highest BCUT2D eigenvalue weighted by Gasteiger charge is 2.05. The summed E-state index contributed by atoms with van der Waals surface area (Å²) in [6.45, 7) is 3.07. The molecule has 0 fully saturated rings. The van der Waals surface area contributed by atoms with E-state index in [4.69, 9.17) is 14.7 Å². The van der Waals surface area contributed by atoms with Crippen molar-refractivity contribution in [3.63, 3.8) is 0 Å². The number of nitrogens with zero attached hydrogens (tertiary/aromatic N) is 2. The fourth-order valence-corrected chi connectivity index (χ4v) is 2.27. The molecule has 0 amide bonds. The van der Waals surface area contributed by atoms with E-state index in [1.807, 2.05) is 31.2 Å². The molecular weight excluding hydrogens is 260 g/mol. The molecule has 0 spiro atoms. The van der Waals surface area contributed by atoms with Gasteiger partial charge in [0, 0.05) is 6.42 Å². The maximum atomic E-state index is 8.72. The highest BCUT2D eigenvalue weighted by molar-refractivity contribution is 7.12. The summed E-state index contributed by atoms with van der Waals surface area (Å²) in [6.07, 6.45) is 2.28. The first-order valence-corrected chi connectivity index (χ1v) is 6.84. The normalized spacial score (nSPS) is 9.89. The van der Waals surface area contributed by atoms with E-state index in [-0.39, 0.29) is 0 Å². The molecule has 0 saturated heterocycles. The van der Waals surface area contributed by atoms with Crippen molar-refractivity contribution in [1.82, 2.24) is 4.98 Å². The maximum Gasteiger partial charge on any atom is 0.161 e. The zero-order valence-corrected chi connectivity index (χ0v) is 11.4. The third kappa shape index (κ3) is 3.70. The van der Waals surface area contributed by atoms with Crippen molar-refractivity contribution < 1.29 is 9.47 Å². The van der Waals surface area contributed by atoms with Crippen molar-refractivity contribution in [3.05, 3.63) is 40.3 Å². The molecule has 2 rings (SSSR count). The van der Waals surface area contributed by atoms with Gasteiger partial charge in [0.05, 0.1) is 24.4 Å². The Bertz CT molecular complexity index is 575. The number of thiazole rings is 1. The molecule has 0 radical (unpaired) electrons. The molecule has 0 bridgehead atoms. The Labute approximate surface area is 116 Å². The Morgan fingerprint density at radius 2 is 2.00 bits per heavy atom. The van der Waals surface area contributed by atoms with Crippen LogP contribution in [0.2, 0.25) is 0 Å². The molecule has 0 saturated carbocycles. The lowest BCUT2D eigenvalue weighted by Crippen LogP contribution is -2.03. The Morgan fingerprint density at radius 1 is 1.26 bits per heavy atom. The maximum absolute atomic E-state index is 8.72. The van der Waals surface area contributed by atoms with E-state index >= 15 is 0 Å². The Balaban J connectivity index is 1.90. The number of rotatable bonds is 6. The van der Waals surface area contributed by atoms with Gasteiger partial charge in [-0.05, 0) is 19.1 Å². The van der Waals surface area contributed by atoms with Gasteiger partial charge < -0.3 is 9.47 Å². The topological polar surface area (TPSA) is 55.1 Å². The quantitative estimate of drug-likeness (QED) is 0.812. The van der Waals surface area contributed by atoms with Crippen LogP contribution >= 0.6 is 11.3 Å². The van der Waals surface area contributed by atoms with Gasteiger partial charge in [0.2, 0.25) is 0 Å². The monoisotopic (exact) mass is 274 g/mol. The molecule has 0 aliphatic carbocycles. The van der Waals surface area contributed by atoms with Gasteiger partial charge in [-0.3, -0.25) is 0 Å². The molecule has 0 N–H and O–H groups in total. The molecule has 0 unspecified atom stereocenters. The first-order valence-electron chi connectivity index (χ1n) is 6.03. The lowest BCUT2D eigenvalue weighted by atomic mass is 10.3. The Hall–Kier alpha value is -2.06. The van der Waals surface area contributed by atoms with Gasteiger partial charge in [-0.1, -0.05) is 12.1 Å². The number of nitriles is 1. The average Bonchev–Trinajstić information content (AvgIpc) is 2.89. The zero-order valence-electron chi connectivity index (χ0n) is 10.6. The van der Waals surface area contributed by atoms with Crippen LogP contribution in [0.4, 0.5) is 0 Å². The van der Waals surface area contributed by atoms with E-state index in [0.29, 0.717) is 24.5 Å². The van der Waals surface area contributed by atoms with Gasteiger partial charge in [0.15, 0.2) is 11.5 Å². The van der Waals surface area contributed by atoms with E-state index in [1.54, 1.807) is 6.20 Å². The molecule has 5 heteroatoms. The van der Waals surface area contributed by atoms with Crippen LogP contribution in [0.3, 0.4) is 0 Å². The molecule has 19 heavy (non-hydrogen) atoms. The van der Waals surface area contributed by atoms with Gasteiger partial charge in [-0.25, -0.2) is 4.98 Å². The minimum absolute atomic E-state index is 0.516. The van der Waals surface area contributed by atoms with Crippen LogP contribution in [-0.4, -0.2) is 18.2 Å². The van der Waals surface area contributed by atoms with Gasteiger partial charge in [0.1, 0.15) is 10.9 Å². The predicted molar refractivity (Wildman–Crippen MR) is 73.6 cm³/mol. The van der Waals surface area contributed by atoms with E-state index in [9.17, 15) is 0 Å². The van der Waals surface area contributed by atoms with Crippen LogP contribution < -0.4 is 9.47 Å². The highest BCUT2D eigenvalue weighted by atomic mass is 32.1. The zero-order chi connectivity index (χ0) is 13.5. The van der Waals surface area contributed by atoms with Gasteiger partial charge in [-0.2, -0.15) is 5.26 Å². The SMILES string of the molecule is CCOc1ccccc1OCCc1ncc(C#N)s1. The van der Waals surface area contributed by atoms with E-state index < -0.39 is 0 Å². The van der Waals surface area contributed by atoms with Crippen molar-refractivity contribution in [3.8, 4) is 17.6 Å². The number of hydrogen-bond donors (Lipinski definition) is 0. The van der Waals surface area contributed by atoms with Gasteiger partial charge >= 0.3 is 0 Å². The molecule has 2 aromatic rings. The summed E-state index contributed by atoms with van der Waals surface area (Å²) >= 11 is 1.40. The van der Waals surface area contributed by atoms with E-state index in [1.165, 1.54) is 11.3 Å². The molecule has 1 aromatic carbocycles. The Kier molecular flexibility index (Phi) is 4.76. The minimum Gasteiger partial charge on any atom is -0.490 e. The summed E-state index contributed by atoms with van der Waals surface area (Å²) in [5, 5.41) is 9.63. The molecule has 1 aromatic heterocycles. The third-order valence-electron chi connectivity index (χ3n) is 2.39. The smallest absolute Gasteiger partial charge is 0.161 e. The second-order valence-electron chi connectivity index (χ2n) is 3.71. The number of benzene rings is 1. The first-order chi connectivity index (χ1) is 9.33. The minimum atomic E-state index is 0.516. The Morgan fingerprint density at radius 3 is 2.63 bits per heavy atom. The molecule has 0 aliphatic heterocycles. The first kappa shape index (κ1) is 13.4. The third-order valence-corrected chi connectivity index (χ3v) is 3.35. The predicted octanol–water partition coefficient (Wildman–Crippen LogP) is 3.03. The molecular formula is C14H14N2O2S. The van der Waals surface area contributed by atoms with E-state index in [2.05, 4.69) is 11.1 Å². The lowest BCUT2D eigenvalue weighted by Gasteiger charge is -2.10. The number of para-hydroxylation sites is 2. The van der Waals surface area contributed by atoms with Crippen LogP contribution in [0.25, 0.3) is 0 Å². The summed E-state index contributed by atoms with van der Waals surface area (Å²) in [4.78, 5) is 4.79. The van der Waals surface area contributed by atoms with Crippen molar-refractivity contribution >= 4 is 11.3 Å². The molecule has 0 atom stereocenters. The van der Waals surface area contributed by atoms with E-state index in [0.717, 1.165) is 16.5 Å². The summed E-state index contributed by atoms with van der Waals surface area (Å²) in [5.74, 6) is 1.49. The molecule has 4 nitrogen and oxygen atoms in total. The summed E-state index contributed by atoms with van der Waals surface area (Å²) in [6, 6.07) is 9.67. The second-order valence-corrected chi connectivity index (χ2v) is 4.82. The van der Waals surface area contributed by atoms with Crippen LogP contribution in [0.15, 0.2) is 30.5 Å². The largest absolute Gasteiger partial charge is 0.490 e. The summed E-state index contributed by atoms with van der Waals surface area (Å²) < 4.78 is 11.2. The average molecular weight is 274 g/mol. The highest BCUT2D eigenvalue weighted by Crippen LogP contribution is 2.26. The fraction of sp³-hybridized carbons (Fsp3) is 0.286. The lowest BCUT2D eigenvalue weighted by molar-refractivity contribution is 0.279. The number of aromatic nitrogens is 1. The number of ether oxygens (including phenoxy) is 2. The second kappa shape index (κ2) is 6.76. The number of hydrogen-bond acceptors (Lipinski definition) is 5. The molecule has 98 valence electrons. The van der Waals surface area contributed by atoms with Crippen LogP contribution in [0.5, 0.6) is 11.5 Å². The summed E-state index contributed by atoms with van der Waals surface area (Å²) in [7, 11) is 0. The molecule has 0 aliphatic rings. The van der Waals surface area contributed by atoms with Crippen molar-refractivity contribution in [2.24, 2.45) is 0 Å². The molecule has 1 heterocycles. The van der Waals surface area contributed by atoms with Crippen LogP contribution in [0.1, 0.15) is 16.8 Å². The standard InChI is InChI=1S/C14H14N2O2S/c1-2-17-12-5-3-4-6-13(12)18-8-7-14-16-10-11(9-15)19-14/h3-6,10H,2,7-8H2,1H3. The fourth-order valence-electron chi connectivity index (χ4n) is 1.57. The van der Waals surface area contributed by atoms with Crippen LogP contribution in [0, 0.1) is 11.3 Å². The van der Waals surface area contributed by atoms with Gasteiger partial charge in [0.25, 0.3) is 0 Å².